The Hall–Kier alpha value is 0.337. The van der Waals surface area contributed by atoms with E-state index in [9.17, 15) is 0 Å². The van der Waals surface area contributed by atoms with Crippen molar-refractivity contribution >= 4 is 20.5 Å². The summed E-state index contributed by atoms with van der Waals surface area (Å²) in [6.07, 6.45) is 0. The van der Waals surface area contributed by atoms with Crippen LogP contribution in [0.4, 0.5) is 0 Å². The van der Waals surface area contributed by atoms with Gasteiger partial charge in [0.25, 0.3) is 0 Å². The molecule has 0 aliphatic rings. The summed E-state index contributed by atoms with van der Waals surface area (Å²) < 4.78 is 1.20. The van der Waals surface area contributed by atoms with Crippen molar-refractivity contribution in [2.75, 3.05) is 0 Å². The van der Waals surface area contributed by atoms with Crippen LogP contribution in [0.25, 0.3) is 0 Å². The third kappa shape index (κ3) is 3.13. The summed E-state index contributed by atoms with van der Waals surface area (Å²) in [4.78, 5) is 0. The fourth-order valence-electron chi connectivity index (χ4n) is 0.538. The smallest absolute Gasteiger partial charge is 1.00 e. The van der Waals surface area contributed by atoms with Crippen molar-refractivity contribution in [1.29, 1.82) is 0 Å². The molecule has 0 atom stereocenters. The Kier molecular flexibility index (Phi) is 4.36. The van der Waals surface area contributed by atoms with Crippen molar-refractivity contribution < 1.29 is 18.9 Å². The van der Waals surface area contributed by atoms with Gasteiger partial charge in [0.05, 0.1) is 0 Å². The molecule has 0 aliphatic carbocycles. The van der Waals surface area contributed by atoms with Crippen LogP contribution in [0.15, 0.2) is 24.3 Å². The molecule has 1 rings (SSSR count). The second-order valence-corrected chi connectivity index (χ2v) is 2.80. The van der Waals surface area contributed by atoms with Crippen LogP contribution in [0.5, 0.6) is 0 Å². The molecule has 2 heteroatoms. The number of hydrogen-bond acceptors (Lipinski definition) is 0. The number of benzene rings is 1. The molecule has 0 saturated carbocycles. The molecule has 0 nitrogen and oxygen atoms in total. The van der Waals surface area contributed by atoms with Gasteiger partial charge in [-0.1, -0.05) is 0 Å². The molecular weight excluding hydrogens is 170 g/mol. The predicted octanol–water partition coefficient (Wildman–Crippen LogP) is -2.21. The van der Waals surface area contributed by atoms with E-state index < -0.39 is 0 Å². The van der Waals surface area contributed by atoms with Crippen LogP contribution in [0.3, 0.4) is 0 Å². The molecule has 0 N–H and O–H groups in total. The Morgan fingerprint density at radius 1 is 1.11 bits per heavy atom. The molecule has 1 aromatic rings. The predicted molar refractivity (Wildman–Crippen MR) is 36.6 cm³/mol. The third-order valence-corrected chi connectivity index (χ3v) is 1.59. The first-order valence-corrected chi connectivity index (χ1v) is 3.38. The topological polar surface area (TPSA) is 0 Å². The first kappa shape index (κ1) is 9.34. The second kappa shape index (κ2) is 4.20. The van der Waals surface area contributed by atoms with E-state index >= 15 is 0 Å². The van der Waals surface area contributed by atoms with Crippen LogP contribution in [0.1, 0.15) is 5.56 Å². The minimum atomic E-state index is 0. The van der Waals surface area contributed by atoms with E-state index in [1.165, 1.54) is 10.0 Å². The molecule has 9 heavy (non-hydrogen) atoms. The SMILES string of the molecule is Cc1ccc([Se-])cc1.[Li+]. The summed E-state index contributed by atoms with van der Waals surface area (Å²) in [5.74, 6) is 0. The molecule has 0 amide bonds. The molecule has 0 radical (unpaired) electrons. The monoisotopic (exact) mass is 178 g/mol. The number of rotatable bonds is 0. The summed E-state index contributed by atoms with van der Waals surface area (Å²) in [5.41, 5.74) is 1.31. The molecule has 0 aromatic heterocycles. The molecular formula is C7H7LiSe. The van der Waals surface area contributed by atoms with Gasteiger partial charge in [-0.2, -0.15) is 0 Å². The quantitative estimate of drug-likeness (QED) is 0.394. The summed E-state index contributed by atoms with van der Waals surface area (Å²) >= 11 is 2.93. The first-order valence-electron chi connectivity index (χ1n) is 2.53. The van der Waals surface area contributed by atoms with Gasteiger partial charge in [0.1, 0.15) is 0 Å². The van der Waals surface area contributed by atoms with Crippen molar-refractivity contribution in [2.45, 2.75) is 6.92 Å². The average Bonchev–Trinajstić information content (AvgIpc) is 1.77. The molecule has 42 valence electrons. The molecule has 0 unspecified atom stereocenters. The van der Waals surface area contributed by atoms with Gasteiger partial charge in [0.15, 0.2) is 0 Å². The molecule has 0 bridgehead atoms. The van der Waals surface area contributed by atoms with E-state index in [0.29, 0.717) is 0 Å². The Morgan fingerprint density at radius 2 is 1.56 bits per heavy atom. The minimum absolute atomic E-state index is 0. The van der Waals surface area contributed by atoms with E-state index in [1.807, 2.05) is 0 Å². The second-order valence-electron chi connectivity index (χ2n) is 1.81. The molecule has 0 aliphatic heterocycles. The molecule has 0 spiro atoms. The zero-order chi connectivity index (χ0) is 5.98. The van der Waals surface area contributed by atoms with Crippen molar-refractivity contribution in [3.63, 3.8) is 0 Å². The Labute approximate surface area is 76.0 Å². The van der Waals surface area contributed by atoms with E-state index in [-0.39, 0.29) is 18.9 Å². The van der Waals surface area contributed by atoms with Crippen LogP contribution >= 0.6 is 0 Å². The number of aryl methyl sites for hydroxylation is 1. The van der Waals surface area contributed by atoms with Gasteiger partial charge in [-0.25, -0.2) is 0 Å². The normalized spacial score (nSPS) is 8.11. The van der Waals surface area contributed by atoms with Crippen LogP contribution < -0.4 is 23.3 Å². The molecule has 1 aromatic carbocycles. The van der Waals surface area contributed by atoms with Crippen LogP contribution in [-0.2, 0) is 0 Å². The van der Waals surface area contributed by atoms with Crippen LogP contribution in [-0.4, -0.2) is 16.0 Å². The first-order chi connectivity index (χ1) is 3.79. The molecule has 0 saturated heterocycles. The summed E-state index contributed by atoms with van der Waals surface area (Å²) in [5, 5.41) is 0. The average molecular weight is 177 g/mol. The number of hydrogen-bond donors (Lipinski definition) is 0. The van der Waals surface area contributed by atoms with Crippen molar-refractivity contribution in [3.05, 3.63) is 29.8 Å². The summed E-state index contributed by atoms with van der Waals surface area (Å²) in [6.45, 7) is 2.08. The van der Waals surface area contributed by atoms with Gasteiger partial charge in [-0.05, 0) is 0 Å². The maximum atomic E-state index is 2.93. The fourth-order valence-corrected chi connectivity index (χ4v) is 0.824. The summed E-state index contributed by atoms with van der Waals surface area (Å²) in [7, 11) is 0. The van der Waals surface area contributed by atoms with E-state index in [2.05, 4.69) is 47.2 Å². The van der Waals surface area contributed by atoms with Gasteiger partial charge >= 0.3 is 76.1 Å². The third-order valence-electron chi connectivity index (χ3n) is 1.02. The van der Waals surface area contributed by atoms with E-state index in [4.69, 9.17) is 0 Å². The minimum Gasteiger partial charge on any atom is 1.00 e. The van der Waals surface area contributed by atoms with Crippen molar-refractivity contribution in [2.24, 2.45) is 0 Å². The molecule has 0 fully saturated rings. The molecule has 0 heterocycles. The van der Waals surface area contributed by atoms with Gasteiger partial charge in [0.2, 0.25) is 0 Å². The maximum Gasteiger partial charge on any atom is 1.00 e. The summed E-state index contributed by atoms with van der Waals surface area (Å²) in [6, 6.07) is 8.31. The van der Waals surface area contributed by atoms with Gasteiger partial charge in [-0.15, -0.1) is 0 Å². The largest absolute Gasteiger partial charge is 1.00 e. The van der Waals surface area contributed by atoms with E-state index in [0.717, 1.165) is 0 Å². The zero-order valence-corrected chi connectivity index (χ0v) is 7.43. The van der Waals surface area contributed by atoms with Crippen LogP contribution in [0.2, 0.25) is 0 Å². The fraction of sp³-hybridized carbons (Fsp3) is 0.143. The zero-order valence-electron chi connectivity index (χ0n) is 5.72. The van der Waals surface area contributed by atoms with Crippen molar-refractivity contribution in [1.82, 2.24) is 0 Å². The van der Waals surface area contributed by atoms with E-state index in [1.54, 1.807) is 0 Å². The van der Waals surface area contributed by atoms with Gasteiger partial charge < -0.3 is 0 Å². The Morgan fingerprint density at radius 3 is 1.89 bits per heavy atom. The standard InChI is InChI=1S/C7H8Se.Li/c1-6-2-4-7(8)5-3-6;/h2-5,8H,1H3;/q;+1/p-1. The Balaban J connectivity index is 0.000000640. The van der Waals surface area contributed by atoms with Gasteiger partial charge in [0, 0.05) is 0 Å². The maximum absolute atomic E-state index is 2.93. The van der Waals surface area contributed by atoms with Crippen molar-refractivity contribution in [3.8, 4) is 0 Å². The Bertz CT molecular complexity index is 148. The van der Waals surface area contributed by atoms with Gasteiger partial charge in [-0.3, -0.25) is 0 Å². The van der Waals surface area contributed by atoms with Crippen LogP contribution in [0, 0.1) is 6.92 Å².